The maximum absolute atomic E-state index is 13.0. The molecule has 0 radical (unpaired) electrons. The number of amides is 1. The molecule has 0 spiro atoms. The monoisotopic (exact) mass is 436 g/mol. The van der Waals surface area contributed by atoms with E-state index in [9.17, 15) is 13.2 Å². The van der Waals surface area contributed by atoms with E-state index in [1.807, 2.05) is 57.2 Å². The van der Waals surface area contributed by atoms with Gasteiger partial charge in [-0.2, -0.15) is 0 Å². The summed E-state index contributed by atoms with van der Waals surface area (Å²) in [6.07, 6.45) is 0. The van der Waals surface area contributed by atoms with Crippen molar-refractivity contribution in [3.05, 3.63) is 94.5 Å². The van der Waals surface area contributed by atoms with Crippen LogP contribution in [0.25, 0.3) is 0 Å². The first-order valence-electron chi connectivity index (χ1n) is 10.2. The minimum atomic E-state index is -3.84. The summed E-state index contributed by atoms with van der Waals surface area (Å²) in [7, 11) is -3.84. The molecule has 31 heavy (non-hydrogen) atoms. The van der Waals surface area contributed by atoms with Crippen molar-refractivity contribution < 1.29 is 13.2 Å². The highest BCUT2D eigenvalue weighted by molar-refractivity contribution is 7.92. The highest BCUT2D eigenvalue weighted by Crippen LogP contribution is 2.23. The largest absolute Gasteiger partial charge is 0.351 e. The third kappa shape index (κ3) is 5.73. The molecule has 162 valence electrons. The van der Waals surface area contributed by atoms with Crippen molar-refractivity contribution in [1.82, 2.24) is 5.32 Å². The summed E-state index contributed by atoms with van der Waals surface area (Å²) in [6.45, 7) is 8.04. The number of rotatable bonds is 7. The zero-order chi connectivity index (χ0) is 22.6. The zero-order valence-corrected chi connectivity index (χ0v) is 19.1. The number of anilines is 1. The average Bonchev–Trinajstić information content (AvgIpc) is 2.71. The van der Waals surface area contributed by atoms with E-state index in [4.69, 9.17) is 0 Å². The van der Waals surface area contributed by atoms with Crippen LogP contribution in [-0.4, -0.2) is 20.9 Å². The summed E-state index contributed by atoms with van der Waals surface area (Å²) in [5.41, 5.74) is 4.46. The molecule has 0 saturated heterocycles. The van der Waals surface area contributed by atoms with Gasteiger partial charge in [0.25, 0.3) is 15.9 Å². The lowest BCUT2D eigenvalue weighted by Gasteiger charge is -2.15. The SMILES string of the molecule is Cc1cc(C)cc(NS(=O)(=O)c2cc(C(=O)NCC(C)c3ccccc3)ccc2C)c1. The molecule has 0 aliphatic heterocycles. The van der Waals surface area contributed by atoms with E-state index in [2.05, 4.69) is 10.0 Å². The summed E-state index contributed by atoms with van der Waals surface area (Å²) >= 11 is 0. The van der Waals surface area contributed by atoms with Gasteiger partial charge >= 0.3 is 0 Å². The maximum Gasteiger partial charge on any atom is 0.262 e. The number of nitrogens with one attached hydrogen (secondary N) is 2. The summed E-state index contributed by atoms with van der Waals surface area (Å²) in [4.78, 5) is 12.8. The Labute approximate surface area is 184 Å². The van der Waals surface area contributed by atoms with E-state index >= 15 is 0 Å². The van der Waals surface area contributed by atoms with Crippen LogP contribution in [0.15, 0.2) is 71.6 Å². The molecule has 1 unspecified atom stereocenters. The molecule has 0 bridgehead atoms. The van der Waals surface area contributed by atoms with Crippen LogP contribution in [0, 0.1) is 20.8 Å². The highest BCUT2D eigenvalue weighted by Gasteiger charge is 2.20. The lowest BCUT2D eigenvalue weighted by atomic mass is 10.0. The Bertz CT molecular complexity index is 1170. The quantitative estimate of drug-likeness (QED) is 0.550. The minimum Gasteiger partial charge on any atom is -0.351 e. The first-order valence-corrected chi connectivity index (χ1v) is 11.7. The van der Waals surface area contributed by atoms with Gasteiger partial charge < -0.3 is 5.32 Å². The van der Waals surface area contributed by atoms with Crippen LogP contribution in [0.5, 0.6) is 0 Å². The highest BCUT2D eigenvalue weighted by atomic mass is 32.2. The third-order valence-electron chi connectivity index (χ3n) is 5.15. The van der Waals surface area contributed by atoms with Crippen LogP contribution in [-0.2, 0) is 10.0 Å². The van der Waals surface area contributed by atoms with E-state index in [-0.39, 0.29) is 16.7 Å². The first-order chi connectivity index (χ1) is 14.7. The van der Waals surface area contributed by atoms with Crippen LogP contribution in [0.1, 0.15) is 45.5 Å². The van der Waals surface area contributed by atoms with E-state index < -0.39 is 10.0 Å². The summed E-state index contributed by atoms with van der Waals surface area (Å²) in [5.74, 6) is -0.157. The van der Waals surface area contributed by atoms with Gasteiger partial charge in [0.2, 0.25) is 0 Å². The first kappa shape index (κ1) is 22.6. The molecule has 5 nitrogen and oxygen atoms in total. The second-order valence-corrected chi connectivity index (χ2v) is 9.63. The van der Waals surface area contributed by atoms with E-state index in [1.54, 1.807) is 31.2 Å². The van der Waals surface area contributed by atoms with Crippen LogP contribution in [0.2, 0.25) is 0 Å². The molecular formula is C25H28N2O3S. The van der Waals surface area contributed by atoms with Gasteiger partial charge in [-0.05, 0) is 73.2 Å². The standard InChI is InChI=1S/C25H28N2O3S/c1-17-12-18(2)14-23(13-17)27-31(29,30)24-15-22(11-10-19(24)3)25(28)26-16-20(4)21-8-6-5-7-9-21/h5-15,20,27H,16H2,1-4H3,(H,26,28). The predicted molar refractivity (Wildman–Crippen MR) is 125 cm³/mol. The molecule has 3 aromatic rings. The molecule has 0 saturated carbocycles. The molecule has 0 fully saturated rings. The van der Waals surface area contributed by atoms with Gasteiger partial charge in [0, 0.05) is 17.8 Å². The van der Waals surface area contributed by atoms with E-state index in [0.717, 1.165) is 16.7 Å². The van der Waals surface area contributed by atoms with Gasteiger partial charge in [0.05, 0.1) is 4.90 Å². The van der Waals surface area contributed by atoms with E-state index in [1.165, 1.54) is 6.07 Å². The Morgan fingerprint density at radius 3 is 2.19 bits per heavy atom. The second-order valence-electron chi connectivity index (χ2n) is 7.98. The van der Waals surface area contributed by atoms with Crippen molar-refractivity contribution in [2.24, 2.45) is 0 Å². The Kier molecular flexibility index (Phi) is 6.81. The number of hydrogen-bond acceptors (Lipinski definition) is 3. The fraction of sp³-hybridized carbons (Fsp3) is 0.240. The van der Waals surface area contributed by atoms with Crippen LogP contribution >= 0.6 is 0 Å². The number of carbonyl (C=O) groups is 1. The Hall–Kier alpha value is -3.12. The number of aryl methyl sites for hydroxylation is 3. The zero-order valence-electron chi connectivity index (χ0n) is 18.3. The fourth-order valence-corrected chi connectivity index (χ4v) is 4.83. The topological polar surface area (TPSA) is 75.3 Å². The van der Waals surface area contributed by atoms with Crippen molar-refractivity contribution in [2.75, 3.05) is 11.3 Å². The van der Waals surface area contributed by atoms with Crippen molar-refractivity contribution >= 4 is 21.6 Å². The fourth-order valence-electron chi connectivity index (χ4n) is 3.52. The number of sulfonamides is 1. The van der Waals surface area contributed by atoms with Gasteiger partial charge in [-0.1, -0.05) is 49.4 Å². The van der Waals surface area contributed by atoms with Crippen LogP contribution < -0.4 is 10.0 Å². The predicted octanol–water partition coefficient (Wildman–Crippen LogP) is 4.95. The molecule has 0 aliphatic rings. The molecule has 0 heterocycles. The normalized spacial score (nSPS) is 12.3. The third-order valence-corrected chi connectivity index (χ3v) is 6.67. The van der Waals surface area contributed by atoms with Crippen molar-refractivity contribution in [2.45, 2.75) is 38.5 Å². The number of carbonyl (C=O) groups excluding carboxylic acids is 1. The van der Waals surface area contributed by atoms with Crippen LogP contribution in [0.4, 0.5) is 5.69 Å². The van der Waals surface area contributed by atoms with Crippen molar-refractivity contribution in [3.63, 3.8) is 0 Å². The molecule has 1 amide bonds. The summed E-state index contributed by atoms with van der Waals surface area (Å²) in [6, 6.07) is 20.2. The molecule has 0 aromatic heterocycles. The summed E-state index contributed by atoms with van der Waals surface area (Å²) < 4.78 is 28.7. The molecule has 3 aromatic carbocycles. The Balaban J connectivity index is 1.78. The lowest BCUT2D eigenvalue weighted by Crippen LogP contribution is -2.28. The van der Waals surface area contributed by atoms with Gasteiger partial charge in [-0.3, -0.25) is 9.52 Å². The number of benzene rings is 3. The van der Waals surface area contributed by atoms with Gasteiger partial charge in [-0.15, -0.1) is 0 Å². The molecule has 2 N–H and O–H groups in total. The van der Waals surface area contributed by atoms with Crippen LogP contribution in [0.3, 0.4) is 0 Å². The van der Waals surface area contributed by atoms with Crippen molar-refractivity contribution in [3.8, 4) is 0 Å². The Morgan fingerprint density at radius 1 is 0.903 bits per heavy atom. The smallest absolute Gasteiger partial charge is 0.262 e. The van der Waals surface area contributed by atoms with Gasteiger partial charge in [-0.25, -0.2) is 8.42 Å². The molecule has 6 heteroatoms. The van der Waals surface area contributed by atoms with Crippen molar-refractivity contribution in [1.29, 1.82) is 0 Å². The Morgan fingerprint density at radius 2 is 1.55 bits per heavy atom. The molecular weight excluding hydrogens is 408 g/mol. The molecule has 1 atom stereocenters. The summed E-state index contributed by atoms with van der Waals surface area (Å²) in [5, 5.41) is 2.91. The molecule has 0 aliphatic carbocycles. The van der Waals surface area contributed by atoms with Gasteiger partial charge in [0.1, 0.15) is 0 Å². The average molecular weight is 437 g/mol. The number of hydrogen-bond donors (Lipinski definition) is 2. The molecule has 3 rings (SSSR count). The van der Waals surface area contributed by atoms with E-state index in [0.29, 0.717) is 23.4 Å². The lowest BCUT2D eigenvalue weighted by molar-refractivity contribution is 0.0951. The maximum atomic E-state index is 13.0. The minimum absolute atomic E-state index is 0.0930. The van der Waals surface area contributed by atoms with Gasteiger partial charge in [0.15, 0.2) is 0 Å². The second kappa shape index (κ2) is 9.35.